The Morgan fingerprint density at radius 3 is 2.50 bits per heavy atom. The molecule has 0 saturated heterocycles. The summed E-state index contributed by atoms with van der Waals surface area (Å²) in [6.45, 7) is 6.93. The molecule has 3 heteroatoms. The number of benzene rings is 1. The van der Waals surface area contributed by atoms with E-state index in [1.807, 2.05) is 25.1 Å². The molecule has 0 aromatic heterocycles. The van der Waals surface area contributed by atoms with E-state index in [1.165, 1.54) is 19.3 Å². The van der Waals surface area contributed by atoms with Crippen LogP contribution in [0.2, 0.25) is 0 Å². The van der Waals surface area contributed by atoms with Crippen molar-refractivity contribution in [3.63, 3.8) is 0 Å². The Hall–Kier alpha value is -1.35. The smallest absolute Gasteiger partial charge is 0.338 e. The molecule has 0 N–H and O–H groups in total. The Morgan fingerprint density at radius 1 is 1.14 bits per heavy atom. The molecule has 0 aliphatic heterocycles. The number of hydrogen-bond donors (Lipinski definition) is 0. The van der Waals surface area contributed by atoms with Gasteiger partial charge in [0.1, 0.15) is 6.10 Å². The minimum Gasteiger partial charge on any atom is -0.456 e. The number of methoxy groups -OCH3 is 1. The monoisotopic (exact) mass is 306 g/mol. The van der Waals surface area contributed by atoms with Crippen molar-refractivity contribution in [1.29, 1.82) is 0 Å². The van der Waals surface area contributed by atoms with E-state index in [2.05, 4.69) is 13.8 Å². The molecule has 0 aliphatic rings. The summed E-state index contributed by atoms with van der Waals surface area (Å²) >= 11 is 0. The summed E-state index contributed by atoms with van der Waals surface area (Å²) in [5.41, 5.74) is 1.67. The van der Waals surface area contributed by atoms with Gasteiger partial charge in [0.2, 0.25) is 0 Å². The van der Waals surface area contributed by atoms with Crippen molar-refractivity contribution in [2.24, 2.45) is 5.92 Å². The van der Waals surface area contributed by atoms with Crippen molar-refractivity contribution < 1.29 is 14.3 Å². The van der Waals surface area contributed by atoms with Crippen LogP contribution < -0.4 is 0 Å². The minimum absolute atomic E-state index is 0.155. The molecule has 0 aliphatic carbocycles. The van der Waals surface area contributed by atoms with E-state index < -0.39 is 0 Å². The standard InChI is InChI=1S/C19H30O3/c1-15(2)9-6-5-7-12-18(14-21-4)22-19(20)17-11-8-10-16(3)13-17/h8,10-11,13,15,18H,5-7,9,12,14H2,1-4H3. The number of esters is 1. The molecule has 0 saturated carbocycles. The Balaban J connectivity index is 2.41. The van der Waals surface area contributed by atoms with Gasteiger partial charge in [-0.1, -0.05) is 50.8 Å². The molecule has 1 atom stereocenters. The zero-order chi connectivity index (χ0) is 16.4. The predicted molar refractivity (Wildman–Crippen MR) is 90.2 cm³/mol. The van der Waals surface area contributed by atoms with Crippen LogP contribution in [0, 0.1) is 12.8 Å². The van der Waals surface area contributed by atoms with Gasteiger partial charge in [-0.3, -0.25) is 0 Å². The number of ether oxygens (including phenoxy) is 2. The SMILES string of the molecule is COCC(CCCCCC(C)C)OC(=O)c1cccc(C)c1. The quantitative estimate of drug-likeness (QED) is 0.461. The van der Waals surface area contributed by atoms with Crippen molar-refractivity contribution in [3.8, 4) is 0 Å². The highest BCUT2D eigenvalue weighted by atomic mass is 16.6. The highest BCUT2D eigenvalue weighted by Crippen LogP contribution is 2.14. The highest BCUT2D eigenvalue weighted by Gasteiger charge is 2.16. The topological polar surface area (TPSA) is 35.5 Å². The number of carbonyl (C=O) groups is 1. The summed E-state index contributed by atoms with van der Waals surface area (Å²) in [6, 6.07) is 7.50. The van der Waals surface area contributed by atoms with Gasteiger partial charge in [-0.25, -0.2) is 4.79 Å². The summed E-state index contributed by atoms with van der Waals surface area (Å²) < 4.78 is 10.8. The Kier molecular flexibility index (Phi) is 8.83. The van der Waals surface area contributed by atoms with Gasteiger partial charge in [0.05, 0.1) is 12.2 Å². The second-order valence-electron chi connectivity index (χ2n) is 6.38. The third-order valence-corrected chi connectivity index (χ3v) is 3.69. The predicted octanol–water partition coefficient (Wildman–Crippen LogP) is 4.77. The van der Waals surface area contributed by atoms with E-state index in [0.29, 0.717) is 12.2 Å². The molecule has 0 spiro atoms. The third kappa shape index (κ3) is 7.60. The Labute approximate surface area is 135 Å². The Morgan fingerprint density at radius 2 is 1.86 bits per heavy atom. The number of rotatable bonds is 10. The van der Waals surface area contributed by atoms with Crippen LogP contribution in [0.25, 0.3) is 0 Å². The molecule has 124 valence electrons. The average molecular weight is 306 g/mol. The van der Waals surface area contributed by atoms with Crippen molar-refractivity contribution >= 4 is 5.97 Å². The van der Waals surface area contributed by atoms with Crippen molar-refractivity contribution in [1.82, 2.24) is 0 Å². The van der Waals surface area contributed by atoms with Crippen LogP contribution in [0.3, 0.4) is 0 Å². The molecular weight excluding hydrogens is 276 g/mol. The summed E-state index contributed by atoms with van der Waals surface area (Å²) in [4.78, 5) is 12.2. The average Bonchev–Trinajstić information content (AvgIpc) is 2.46. The van der Waals surface area contributed by atoms with Crippen molar-refractivity contribution in [2.75, 3.05) is 13.7 Å². The lowest BCUT2D eigenvalue weighted by molar-refractivity contribution is 0.00235. The van der Waals surface area contributed by atoms with Gasteiger partial charge in [0.15, 0.2) is 0 Å². The first-order chi connectivity index (χ1) is 10.5. The molecule has 1 rings (SSSR count). The molecule has 0 fully saturated rings. The van der Waals surface area contributed by atoms with Crippen LogP contribution in [0.5, 0.6) is 0 Å². The van der Waals surface area contributed by atoms with Crippen LogP contribution in [0.15, 0.2) is 24.3 Å². The first kappa shape index (κ1) is 18.7. The molecule has 0 radical (unpaired) electrons. The van der Waals surface area contributed by atoms with Crippen LogP contribution in [-0.4, -0.2) is 25.8 Å². The van der Waals surface area contributed by atoms with Crippen LogP contribution in [0.1, 0.15) is 61.9 Å². The molecule has 0 heterocycles. The molecule has 0 amide bonds. The third-order valence-electron chi connectivity index (χ3n) is 3.69. The molecule has 1 aromatic rings. The van der Waals surface area contributed by atoms with E-state index in [1.54, 1.807) is 13.2 Å². The molecular formula is C19H30O3. The second kappa shape index (κ2) is 10.4. The van der Waals surface area contributed by atoms with Gasteiger partial charge < -0.3 is 9.47 Å². The number of unbranched alkanes of at least 4 members (excludes halogenated alkanes) is 2. The summed E-state index contributed by atoms with van der Waals surface area (Å²) in [6.07, 6.45) is 5.46. The van der Waals surface area contributed by atoms with Crippen molar-refractivity contribution in [3.05, 3.63) is 35.4 Å². The minimum atomic E-state index is -0.257. The maximum Gasteiger partial charge on any atom is 0.338 e. The Bertz CT molecular complexity index is 440. The summed E-state index contributed by atoms with van der Waals surface area (Å²) in [5.74, 6) is 0.502. The number of aryl methyl sites for hydroxylation is 1. The highest BCUT2D eigenvalue weighted by molar-refractivity contribution is 5.89. The zero-order valence-electron chi connectivity index (χ0n) is 14.4. The first-order valence-electron chi connectivity index (χ1n) is 8.29. The molecule has 22 heavy (non-hydrogen) atoms. The molecule has 1 unspecified atom stereocenters. The lowest BCUT2D eigenvalue weighted by atomic mass is 10.0. The largest absolute Gasteiger partial charge is 0.456 e. The maximum absolute atomic E-state index is 12.2. The number of carbonyl (C=O) groups excluding carboxylic acids is 1. The lowest BCUT2D eigenvalue weighted by Gasteiger charge is -2.17. The fourth-order valence-corrected chi connectivity index (χ4v) is 2.45. The molecule has 0 bridgehead atoms. The zero-order valence-corrected chi connectivity index (χ0v) is 14.4. The normalized spacial score (nSPS) is 12.4. The summed E-state index contributed by atoms with van der Waals surface area (Å²) in [7, 11) is 1.65. The molecule has 1 aromatic carbocycles. The number of hydrogen-bond acceptors (Lipinski definition) is 3. The maximum atomic E-state index is 12.2. The fourth-order valence-electron chi connectivity index (χ4n) is 2.45. The van der Waals surface area contributed by atoms with E-state index in [-0.39, 0.29) is 12.1 Å². The van der Waals surface area contributed by atoms with Gasteiger partial charge in [0.25, 0.3) is 0 Å². The van der Waals surface area contributed by atoms with Crippen LogP contribution in [-0.2, 0) is 9.47 Å². The van der Waals surface area contributed by atoms with Gasteiger partial charge in [-0.2, -0.15) is 0 Å². The second-order valence-corrected chi connectivity index (χ2v) is 6.38. The fraction of sp³-hybridized carbons (Fsp3) is 0.632. The molecule has 3 nitrogen and oxygen atoms in total. The summed E-state index contributed by atoms with van der Waals surface area (Å²) in [5, 5.41) is 0. The van der Waals surface area contributed by atoms with Crippen LogP contribution >= 0.6 is 0 Å². The van der Waals surface area contributed by atoms with Gasteiger partial charge in [0, 0.05) is 7.11 Å². The van der Waals surface area contributed by atoms with E-state index in [4.69, 9.17) is 9.47 Å². The van der Waals surface area contributed by atoms with E-state index in [9.17, 15) is 4.79 Å². The van der Waals surface area contributed by atoms with E-state index >= 15 is 0 Å². The van der Waals surface area contributed by atoms with Gasteiger partial charge >= 0.3 is 5.97 Å². The van der Waals surface area contributed by atoms with Crippen LogP contribution in [0.4, 0.5) is 0 Å². The van der Waals surface area contributed by atoms with E-state index in [0.717, 1.165) is 24.3 Å². The first-order valence-corrected chi connectivity index (χ1v) is 8.29. The van der Waals surface area contributed by atoms with Gasteiger partial charge in [-0.05, 0) is 37.8 Å². The lowest BCUT2D eigenvalue weighted by Crippen LogP contribution is -2.23. The van der Waals surface area contributed by atoms with Crippen molar-refractivity contribution in [2.45, 2.75) is 59.0 Å². The van der Waals surface area contributed by atoms with Gasteiger partial charge in [-0.15, -0.1) is 0 Å².